The van der Waals surface area contributed by atoms with Gasteiger partial charge in [0.25, 0.3) is 10.1 Å². The van der Waals surface area contributed by atoms with E-state index in [1.807, 2.05) is 0 Å². The molecule has 0 aliphatic heterocycles. The number of hydrogen-bond donors (Lipinski definition) is 2. The van der Waals surface area contributed by atoms with E-state index in [2.05, 4.69) is 25.4 Å². The van der Waals surface area contributed by atoms with Crippen molar-refractivity contribution >= 4 is 22.0 Å². The maximum Gasteiger partial charge on any atom is 0.333 e. The highest BCUT2D eigenvalue weighted by atomic mass is 32.2. The fourth-order valence-corrected chi connectivity index (χ4v) is 4.80. The van der Waals surface area contributed by atoms with Crippen molar-refractivity contribution in [3.05, 3.63) is 24.8 Å². The molecule has 0 atom stereocenters. The van der Waals surface area contributed by atoms with Crippen molar-refractivity contribution in [3.63, 3.8) is 0 Å². The molecule has 7 nitrogen and oxygen atoms in total. The van der Waals surface area contributed by atoms with Gasteiger partial charge in [0.15, 0.2) is 0 Å². The van der Waals surface area contributed by atoms with Crippen LogP contribution in [0, 0.1) is 0 Å². The number of unbranched alkanes of at least 4 members (excludes halogenated alkanes) is 15. The first-order chi connectivity index (χ1) is 17.3. The predicted molar refractivity (Wildman–Crippen MR) is 154 cm³/mol. The standard InChI is InChI=1S/C22H42O2.C7H13NO4S/c1-4-5-6-7-8-9-10-11-12-13-14-15-16-17-18-19-20-24-22(23)21(2)3;1-4-6(9)8-7(2,3)5-13(10,11)12/h2,4-20H2,1,3H3;4H,1,5H2,2-3H3,(H,8,9)(H,10,11,12). The highest BCUT2D eigenvalue weighted by Gasteiger charge is 2.25. The Bertz CT molecular complexity index is 731. The van der Waals surface area contributed by atoms with Crippen LogP contribution in [0.3, 0.4) is 0 Å². The summed E-state index contributed by atoms with van der Waals surface area (Å²) in [4.78, 5) is 22.0. The second-order valence-electron chi connectivity index (χ2n) is 10.5. The average Bonchev–Trinajstić information content (AvgIpc) is 2.79. The Hall–Kier alpha value is -1.67. The molecule has 0 aliphatic carbocycles. The van der Waals surface area contributed by atoms with Gasteiger partial charge in [-0.1, -0.05) is 116 Å². The molecule has 0 bridgehead atoms. The maximum atomic E-state index is 11.2. The van der Waals surface area contributed by atoms with Crippen molar-refractivity contribution in [1.29, 1.82) is 0 Å². The van der Waals surface area contributed by atoms with Crippen molar-refractivity contribution in [2.24, 2.45) is 0 Å². The number of nitrogens with one attached hydrogen (secondary N) is 1. The molecule has 0 rings (SSSR count). The zero-order valence-corrected chi connectivity index (χ0v) is 24.9. The third-order valence-electron chi connectivity index (χ3n) is 5.77. The second kappa shape index (κ2) is 23.4. The van der Waals surface area contributed by atoms with Gasteiger partial charge in [-0.15, -0.1) is 0 Å². The van der Waals surface area contributed by atoms with E-state index >= 15 is 0 Å². The SMILES string of the molecule is C=C(C)C(=O)OCCCCCCCCCCCCCCCCCC.C=CC(=O)NC(C)(C)CS(=O)(=O)O. The van der Waals surface area contributed by atoms with Crippen LogP contribution in [0.5, 0.6) is 0 Å². The Morgan fingerprint density at radius 3 is 1.54 bits per heavy atom. The summed E-state index contributed by atoms with van der Waals surface area (Å²) >= 11 is 0. The number of esters is 1. The number of amides is 1. The van der Waals surface area contributed by atoms with E-state index in [1.165, 1.54) is 110 Å². The third kappa shape index (κ3) is 30.4. The van der Waals surface area contributed by atoms with E-state index in [0.717, 1.165) is 12.5 Å². The second-order valence-corrected chi connectivity index (χ2v) is 12.0. The highest BCUT2D eigenvalue weighted by Crippen LogP contribution is 2.13. The minimum atomic E-state index is -4.08. The summed E-state index contributed by atoms with van der Waals surface area (Å²) in [5, 5.41) is 2.37. The van der Waals surface area contributed by atoms with Gasteiger partial charge in [-0.2, -0.15) is 8.42 Å². The Morgan fingerprint density at radius 1 is 0.838 bits per heavy atom. The van der Waals surface area contributed by atoms with Gasteiger partial charge in [-0.3, -0.25) is 9.35 Å². The summed E-state index contributed by atoms with van der Waals surface area (Å²) in [5.41, 5.74) is -0.509. The lowest BCUT2D eigenvalue weighted by Crippen LogP contribution is -2.47. The number of carbonyl (C=O) groups is 2. The molecule has 0 heterocycles. The highest BCUT2D eigenvalue weighted by molar-refractivity contribution is 7.85. The summed E-state index contributed by atoms with van der Waals surface area (Å²) < 4.78 is 34.6. The van der Waals surface area contributed by atoms with E-state index in [-0.39, 0.29) is 5.97 Å². The Balaban J connectivity index is 0. The van der Waals surface area contributed by atoms with Crippen molar-refractivity contribution < 1.29 is 27.3 Å². The van der Waals surface area contributed by atoms with Crippen LogP contribution in [0.25, 0.3) is 0 Å². The van der Waals surface area contributed by atoms with E-state index in [9.17, 15) is 18.0 Å². The van der Waals surface area contributed by atoms with Gasteiger partial charge in [0, 0.05) is 5.57 Å². The van der Waals surface area contributed by atoms with Crippen LogP contribution < -0.4 is 5.32 Å². The quantitative estimate of drug-likeness (QED) is 0.0638. The molecular weight excluding hydrogens is 490 g/mol. The molecule has 0 aromatic rings. The fraction of sp³-hybridized carbons (Fsp3) is 0.793. The summed E-state index contributed by atoms with van der Waals surface area (Å²) in [7, 11) is -4.08. The first kappa shape index (κ1) is 37.5. The normalized spacial score (nSPS) is 11.3. The lowest BCUT2D eigenvalue weighted by atomic mass is 10.0. The van der Waals surface area contributed by atoms with Crippen LogP contribution in [0.1, 0.15) is 130 Å². The zero-order valence-electron chi connectivity index (χ0n) is 24.1. The molecule has 0 aromatic carbocycles. The van der Waals surface area contributed by atoms with Crippen molar-refractivity contribution in [3.8, 4) is 0 Å². The number of rotatable bonds is 22. The summed E-state index contributed by atoms with van der Waals surface area (Å²) in [6, 6.07) is 0. The van der Waals surface area contributed by atoms with Crippen LogP contribution in [0.2, 0.25) is 0 Å². The molecule has 0 aliphatic rings. The molecule has 218 valence electrons. The number of carbonyl (C=O) groups excluding carboxylic acids is 2. The minimum absolute atomic E-state index is 0.254. The molecule has 0 radical (unpaired) electrons. The van der Waals surface area contributed by atoms with Crippen LogP contribution in [0.4, 0.5) is 0 Å². The molecule has 0 aromatic heterocycles. The van der Waals surface area contributed by atoms with Gasteiger partial charge in [-0.05, 0) is 33.3 Å². The van der Waals surface area contributed by atoms with E-state index in [0.29, 0.717) is 12.2 Å². The smallest absolute Gasteiger partial charge is 0.333 e. The number of ether oxygens (including phenoxy) is 1. The molecular formula is C29H55NO6S. The molecule has 0 spiro atoms. The molecule has 2 N–H and O–H groups in total. The third-order valence-corrected chi connectivity index (χ3v) is 6.86. The van der Waals surface area contributed by atoms with E-state index < -0.39 is 27.3 Å². The van der Waals surface area contributed by atoms with Gasteiger partial charge in [0.1, 0.15) is 0 Å². The molecule has 1 amide bonds. The molecule has 8 heteroatoms. The van der Waals surface area contributed by atoms with Crippen LogP contribution in [0.15, 0.2) is 24.8 Å². The van der Waals surface area contributed by atoms with Crippen molar-refractivity contribution in [2.75, 3.05) is 12.4 Å². The van der Waals surface area contributed by atoms with Crippen molar-refractivity contribution in [1.82, 2.24) is 5.32 Å². The first-order valence-electron chi connectivity index (χ1n) is 14.1. The fourth-order valence-electron chi connectivity index (χ4n) is 3.81. The van der Waals surface area contributed by atoms with Crippen LogP contribution in [-0.4, -0.2) is 42.7 Å². The van der Waals surface area contributed by atoms with E-state index in [1.54, 1.807) is 6.92 Å². The molecule has 0 saturated heterocycles. The molecule has 0 fully saturated rings. The summed E-state index contributed by atoms with van der Waals surface area (Å²) in [6.07, 6.45) is 22.8. The summed E-state index contributed by atoms with van der Waals surface area (Å²) in [6.45, 7) is 14.3. The topological polar surface area (TPSA) is 110 Å². The first-order valence-corrected chi connectivity index (χ1v) is 15.7. The Kier molecular flexibility index (Phi) is 23.8. The number of hydrogen-bond acceptors (Lipinski definition) is 5. The van der Waals surface area contributed by atoms with Crippen molar-refractivity contribution in [2.45, 2.75) is 136 Å². The van der Waals surface area contributed by atoms with Gasteiger partial charge < -0.3 is 10.1 Å². The maximum absolute atomic E-state index is 11.2. The molecule has 0 unspecified atom stereocenters. The van der Waals surface area contributed by atoms with Crippen LogP contribution >= 0.6 is 0 Å². The largest absolute Gasteiger partial charge is 0.462 e. The van der Waals surface area contributed by atoms with E-state index in [4.69, 9.17) is 9.29 Å². The summed E-state index contributed by atoms with van der Waals surface area (Å²) in [5.74, 6) is -1.26. The van der Waals surface area contributed by atoms with Gasteiger partial charge in [0.05, 0.1) is 17.9 Å². The average molecular weight is 546 g/mol. The monoisotopic (exact) mass is 545 g/mol. The molecule has 37 heavy (non-hydrogen) atoms. The molecule has 0 saturated carbocycles. The Labute approximate surface area is 227 Å². The predicted octanol–water partition coefficient (Wildman–Crippen LogP) is 7.32. The van der Waals surface area contributed by atoms with Gasteiger partial charge >= 0.3 is 5.97 Å². The lowest BCUT2D eigenvalue weighted by molar-refractivity contribution is -0.139. The lowest BCUT2D eigenvalue weighted by Gasteiger charge is -2.23. The van der Waals surface area contributed by atoms with Gasteiger partial charge in [-0.25, -0.2) is 4.79 Å². The zero-order chi connectivity index (χ0) is 28.6. The minimum Gasteiger partial charge on any atom is -0.462 e. The Morgan fingerprint density at radius 2 is 1.22 bits per heavy atom. The van der Waals surface area contributed by atoms with Gasteiger partial charge in [0.2, 0.25) is 5.91 Å². The van der Waals surface area contributed by atoms with Crippen LogP contribution in [-0.2, 0) is 24.4 Å².